The van der Waals surface area contributed by atoms with E-state index in [-0.39, 0.29) is 16.0 Å². The van der Waals surface area contributed by atoms with Crippen molar-refractivity contribution < 1.29 is 8.42 Å². The molecule has 0 radical (unpaired) electrons. The van der Waals surface area contributed by atoms with Crippen molar-refractivity contribution in [3.05, 3.63) is 22.4 Å². The van der Waals surface area contributed by atoms with Crippen LogP contribution in [0, 0.1) is 0 Å². The van der Waals surface area contributed by atoms with Crippen molar-refractivity contribution in [2.75, 3.05) is 17.6 Å². The van der Waals surface area contributed by atoms with E-state index in [2.05, 4.69) is 21.1 Å². The summed E-state index contributed by atoms with van der Waals surface area (Å²) in [5, 5.41) is 7.59. The van der Waals surface area contributed by atoms with Gasteiger partial charge in [0.25, 0.3) is 0 Å². The molecule has 8 heteroatoms. The molecule has 0 aromatic carbocycles. The summed E-state index contributed by atoms with van der Waals surface area (Å²) in [5.74, 6) is 0.125. The van der Waals surface area contributed by atoms with Crippen LogP contribution in [0.1, 0.15) is 18.4 Å². The van der Waals surface area contributed by atoms with Gasteiger partial charge < -0.3 is 11.1 Å². The van der Waals surface area contributed by atoms with Gasteiger partial charge in [-0.05, 0) is 53.2 Å². The number of nitrogens with one attached hydrogen (secondary N) is 1. The summed E-state index contributed by atoms with van der Waals surface area (Å²) in [5.41, 5.74) is 6.98. The molecule has 1 saturated carbocycles. The first-order valence-corrected chi connectivity index (χ1v) is 9.59. The Morgan fingerprint density at radius 3 is 2.90 bits per heavy atom. The SMILES string of the molecule is Nc1nsc(NCCc2ccsc2)c1S(=O)(=O)C1CC1. The molecular weight excluding hydrogens is 314 g/mol. The van der Waals surface area contributed by atoms with Gasteiger partial charge >= 0.3 is 0 Å². The fourth-order valence-electron chi connectivity index (χ4n) is 1.98. The molecule has 0 unspecified atom stereocenters. The molecule has 2 aromatic rings. The topological polar surface area (TPSA) is 85.1 Å². The number of nitrogens with two attached hydrogens (primary N) is 1. The van der Waals surface area contributed by atoms with Gasteiger partial charge in [-0.2, -0.15) is 15.7 Å². The van der Waals surface area contributed by atoms with E-state index in [0.29, 0.717) is 11.5 Å². The molecule has 0 aliphatic heterocycles. The van der Waals surface area contributed by atoms with Gasteiger partial charge in [0, 0.05) is 6.54 Å². The smallest absolute Gasteiger partial charge is 0.187 e. The van der Waals surface area contributed by atoms with Crippen LogP contribution in [-0.2, 0) is 16.3 Å². The zero-order valence-corrected chi connectivity index (χ0v) is 13.2. The van der Waals surface area contributed by atoms with Crippen molar-refractivity contribution in [1.82, 2.24) is 4.37 Å². The van der Waals surface area contributed by atoms with Gasteiger partial charge in [0.15, 0.2) is 15.7 Å². The van der Waals surface area contributed by atoms with E-state index in [1.165, 1.54) is 5.56 Å². The van der Waals surface area contributed by atoms with Crippen molar-refractivity contribution >= 4 is 43.5 Å². The highest BCUT2D eigenvalue weighted by Crippen LogP contribution is 2.40. The Balaban J connectivity index is 1.74. The minimum atomic E-state index is -3.31. The fraction of sp³-hybridized carbons (Fsp3) is 0.417. The third-order valence-corrected chi connectivity index (χ3v) is 7.21. The van der Waals surface area contributed by atoms with Crippen LogP contribution in [0.2, 0.25) is 0 Å². The van der Waals surface area contributed by atoms with E-state index >= 15 is 0 Å². The molecule has 1 fully saturated rings. The standard InChI is InChI=1S/C12H15N3O2S3/c13-11-10(20(16,17)9-1-2-9)12(19-15-11)14-5-3-8-4-6-18-7-8/h4,6-7,9,14H,1-3,5H2,(H2,13,15). The highest BCUT2D eigenvalue weighted by atomic mass is 32.2. The molecule has 0 atom stereocenters. The Hall–Kier alpha value is -1.12. The molecule has 20 heavy (non-hydrogen) atoms. The van der Waals surface area contributed by atoms with Crippen molar-refractivity contribution in [2.45, 2.75) is 29.4 Å². The van der Waals surface area contributed by atoms with Crippen molar-refractivity contribution in [2.24, 2.45) is 0 Å². The molecule has 0 spiro atoms. The number of anilines is 2. The van der Waals surface area contributed by atoms with Crippen LogP contribution in [-0.4, -0.2) is 24.6 Å². The molecular formula is C12H15N3O2S3. The molecule has 0 saturated heterocycles. The number of sulfone groups is 1. The number of nitrogen functional groups attached to an aromatic ring is 1. The lowest BCUT2D eigenvalue weighted by molar-refractivity contribution is 0.595. The Bertz CT molecular complexity index is 688. The number of nitrogens with zero attached hydrogens (tertiary/aromatic N) is 1. The fourth-order valence-corrected chi connectivity index (χ4v) is 5.60. The van der Waals surface area contributed by atoms with Gasteiger partial charge in [0.1, 0.15) is 9.90 Å². The number of hydrogen-bond acceptors (Lipinski definition) is 7. The zero-order valence-electron chi connectivity index (χ0n) is 10.7. The summed E-state index contributed by atoms with van der Waals surface area (Å²) in [4.78, 5) is 0.204. The Kier molecular flexibility index (Phi) is 3.70. The van der Waals surface area contributed by atoms with Crippen LogP contribution >= 0.6 is 22.9 Å². The first-order valence-electron chi connectivity index (χ1n) is 6.33. The van der Waals surface area contributed by atoms with Crippen molar-refractivity contribution in [3.63, 3.8) is 0 Å². The lowest BCUT2D eigenvalue weighted by Crippen LogP contribution is -2.12. The molecule has 3 rings (SSSR count). The molecule has 108 valence electrons. The lowest BCUT2D eigenvalue weighted by atomic mass is 10.2. The molecule has 0 bridgehead atoms. The van der Waals surface area contributed by atoms with Gasteiger partial charge in [-0.3, -0.25) is 0 Å². The minimum Gasteiger partial charge on any atom is -0.382 e. The molecule has 3 N–H and O–H groups in total. The average Bonchev–Trinajstić information content (AvgIpc) is 3.03. The van der Waals surface area contributed by atoms with Gasteiger partial charge in [0.05, 0.1) is 5.25 Å². The van der Waals surface area contributed by atoms with Crippen LogP contribution in [0.3, 0.4) is 0 Å². The quantitative estimate of drug-likeness (QED) is 0.850. The largest absolute Gasteiger partial charge is 0.382 e. The van der Waals surface area contributed by atoms with Crippen LogP contribution in [0.5, 0.6) is 0 Å². The Morgan fingerprint density at radius 1 is 1.45 bits per heavy atom. The van der Waals surface area contributed by atoms with E-state index in [1.807, 2.05) is 5.38 Å². The number of aromatic nitrogens is 1. The van der Waals surface area contributed by atoms with E-state index in [1.54, 1.807) is 11.3 Å². The van der Waals surface area contributed by atoms with Crippen LogP contribution in [0.4, 0.5) is 10.8 Å². The maximum Gasteiger partial charge on any atom is 0.187 e. The summed E-state index contributed by atoms with van der Waals surface area (Å²) >= 11 is 2.78. The summed E-state index contributed by atoms with van der Waals surface area (Å²) in [6, 6.07) is 2.06. The van der Waals surface area contributed by atoms with Crippen LogP contribution < -0.4 is 11.1 Å². The highest BCUT2D eigenvalue weighted by Gasteiger charge is 2.40. The van der Waals surface area contributed by atoms with E-state index in [0.717, 1.165) is 30.8 Å². The van der Waals surface area contributed by atoms with Gasteiger partial charge in [-0.1, -0.05) is 0 Å². The number of thiophene rings is 1. The molecule has 2 aromatic heterocycles. The maximum atomic E-state index is 12.3. The molecule has 1 aliphatic carbocycles. The number of rotatable bonds is 6. The number of hydrogen-bond donors (Lipinski definition) is 2. The second-order valence-electron chi connectivity index (χ2n) is 4.78. The Labute approximate surface area is 125 Å². The Morgan fingerprint density at radius 2 is 2.25 bits per heavy atom. The monoisotopic (exact) mass is 329 g/mol. The molecule has 1 aliphatic rings. The van der Waals surface area contributed by atoms with Gasteiger partial charge in [-0.25, -0.2) is 8.42 Å². The van der Waals surface area contributed by atoms with Crippen LogP contribution in [0.25, 0.3) is 0 Å². The third kappa shape index (κ3) is 2.68. The third-order valence-electron chi connectivity index (χ3n) is 3.20. The maximum absolute atomic E-state index is 12.3. The van der Waals surface area contributed by atoms with E-state index in [4.69, 9.17) is 5.73 Å². The minimum absolute atomic E-state index is 0.125. The average molecular weight is 329 g/mol. The molecule has 0 amide bonds. The second kappa shape index (κ2) is 5.34. The first-order chi connectivity index (χ1) is 9.59. The summed E-state index contributed by atoms with van der Waals surface area (Å²) in [6.07, 6.45) is 2.31. The highest BCUT2D eigenvalue weighted by molar-refractivity contribution is 7.92. The predicted octanol–water partition coefficient (Wildman–Crippen LogP) is 2.38. The molecule has 2 heterocycles. The van der Waals surface area contributed by atoms with Gasteiger partial charge in [0.2, 0.25) is 0 Å². The van der Waals surface area contributed by atoms with E-state index < -0.39 is 9.84 Å². The summed E-state index contributed by atoms with van der Waals surface area (Å²) in [6.45, 7) is 0.672. The lowest BCUT2D eigenvalue weighted by Gasteiger charge is -2.07. The normalized spacial score (nSPS) is 15.4. The van der Waals surface area contributed by atoms with Crippen molar-refractivity contribution in [1.29, 1.82) is 0 Å². The summed E-state index contributed by atoms with van der Waals surface area (Å²) in [7, 11) is -3.31. The zero-order chi connectivity index (χ0) is 14.2. The van der Waals surface area contributed by atoms with E-state index in [9.17, 15) is 8.42 Å². The summed E-state index contributed by atoms with van der Waals surface area (Å²) < 4.78 is 28.7. The molecule has 5 nitrogen and oxygen atoms in total. The van der Waals surface area contributed by atoms with Crippen molar-refractivity contribution in [3.8, 4) is 0 Å². The second-order valence-corrected chi connectivity index (χ2v) is 8.50. The van der Waals surface area contributed by atoms with Crippen LogP contribution in [0.15, 0.2) is 21.7 Å². The first kappa shape index (κ1) is 13.8. The predicted molar refractivity (Wildman–Crippen MR) is 83.2 cm³/mol. The van der Waals surface area contributed by atoms with Gasteiger partial charge in [-0.15, -0.1) is 0 Å².